The topological polar surface area (TPSA) is 118 Å². The highest BCUT2D eigenvalue weighted by atomic mass is 32.2. The number of sulfone groups is 1. The molecule has 1 aromatic rings. The van der Waals surface area contributed by atoms with Crippen LogP contribution in [0, 0.1) is 0 Å². The first-order valence-electron chi connectivity index (χ1n) is 5.94. The molecule has 1 fully saturated rings. The molecule has 20 heavy (non-hydrogen) atoms. The molecule has 1 atom stereocenters. The summed E-state index contributed by atoms with van der Waals surface area (Å²) in [5, 5.41) is 5.26. The molecular weight excluding hydrogens is 282 g/mol. The van der Waals surface area contributed by atoms with Crippen molar-refractivity contribution in [2.75, 3.05) is 18.5 Å². The predicted octanol–water partition coefficient (Wildman–Crippen LogP) is -0.709. The zero-order valence-electron chi connectivity index (χ0n) is 10.8. The van der Waals surface area contributed by atoms with Gasteiger partial charge < -0.3 is 16.4 Å². The zero-order valence-corrected chi connectivity index (χ0v) is 11.7. The Kier molecular flexibility index (Phi) is 3.67. The van der Waals surface area contributed by atoms with E-state index in [1.807, 2.05) is 0 Å². The third-order valence-corrected chi connectivity index (χ3v) is 4.02. The summed E-state index contributed by atoms with van der Waals surface area (Å²) in [4.78, 5) is 23.1. The molecule has 0 bridgehead atoms. The summed E-state index contributed by atoms with van der Waals surface area (Å²) in [5.41, 5.74) is 5.96. The van der Waals surface area contributed by atoms with Gasteiger partial charge in [0.2, 0.25) is 5.91 Å². The monoisotopic (exact) mass is 297 g/mol. The van der Waals surface area contributed by atoms with Crippen LogP contribution in [0.15, 0.2) is 23.1 Å². The SMILES string of the molecule is CS(=O)(=O)c1cc(N)cc(C(=O)NC2CNC(=O)C2)c1. The summed E-state index contributed by atoms with van der Waals surface area (Å²) in [5.74, 6) is -0.580. The van der Waals surface area contributed by atoms with Crippen molar-refractivity contribution in [2.45, 2.75) is 17.4 Å². The predicted molar refractivity (Wildman–Crippen MR) is 72.8 cm³/mol. The fourth-order valence-corrected chi connectivity index (χ4v) is 2.63. The fourth-order valence-electron chi connectivity index (χ4n) is 1.94. The molecule has 0 radical (unpaired) electrons. The Bertz CT molecular complexity index is 669. The van der Waals surface area contributed by atoms with Crippen molar-refractivity contribution < 1.29 is 18.0 Å². The molecule has 1 saturated heterocycles. The van der Waals surface area contributed by atoms with Gasteiger partial charge in [0.05, 0.1) is 10.9 Å². The first-order chi connectivity index (χ1) is 9.25. The van der Waals surface area contributed by atoms with Gasteiger partial charge in [0.1, 0.15) is 0 Å². The van der Waals surface area contributed by atoms with Crippen LogP contribution in [0.5, 0.6) is 0 Å². The van der Waals surface area contributed by atoms with Crippen molar-refractivity contribution in [3.63, 3.8) is 0 Å². The van der Waals surface area contributed by atoms with E-state index in [2.05, 4.69) is 10.6 Å². The van der Waals surface area contributed by atoms with E-state index in [4.69, 9.17) is 5.73 Å². The number of anilines is 1. The third-order valence-electron chi connectivity index (χ3n) is 2.93. The average Bonchev–Trinajstić information content (AvgIpc) is 2.72. The molecule has 8 heteroatoms. The van der Waals surface area contributed by atoms with Gasteiger partial charge in [-0.2, -0.15) is 0 Å². The standard InChI is InChI=1S/C12H15N3O4S/c1-20(18,19)10-3-7(2-8(13)4-10)12(17)15-9-5-11(16)14-6-9/h2-4,9H,5-6,13H2,1H3,(H,14,16)(H,15,17). The second-order valence-electron chi connectivity index (χ2n) is 4.74. The molecule has 2 amide bonds. The van der Waals surface area contributed by atoms with E-state index in [9.17, 15) is 18.0 Å². The van der Waals surface area contributed by atoms with E-state index in [-0.39, 0.29) is 34.5 Å². The molecule has 7 nitrogen and oxygen atoms in total. The number of rotatable bonds is 3. The van der Waals surface area contributed by atoms with Gasteiger partial charge in [-0.25, -0.2) is 8.42 Å². The van der Waals surface area contributed by atoms with Crippen LogP contribution in [0.2, 0.25) is 0 Å². The smallest absolute Gasteiger partial charge is 0.251 e. The first-order valence-corrected chi connectivity index (χ1v) is 7.83. The van der Waals surface area contributed by atoms with Gasteiger partial charge in [0, 0.05) is 30.5 Å². The highest BCUT2D eigenvalue weighted by molar-refractivity contribution is 7.90. The summed E-state index contributed by atoms with van der Waals surface area (Å²) in [7, 11) is -3.44. The molecule has 1 aliphatic rings. The van der Waals surface area contributed by atoms with E-state index in [0.29, 0.717) is 6.54 Å². The van der Waals surface area contributed by atoms with Gasteiger partial charge in [-0.1, -0.05) is 0 Å². The van der Waals surface area contributed by atoms with Gasteiger partial charge in [0.15, 0.2) is 9.84 Å². The van der Waals surface area contributed by atoms with Crippen LogP contribution in [0.25, 0.3) is 0 Å². The van der Waals surface area contributed by atoms with Crippen LogP contribution < -0.4 is 16.4 Å². The lowest BCUT2D eigenvalue weighted by Gasteiger charge is -2.11. The minimum absolute atomic E-state index is 0.0109. The number of hydrogen-bond donors (Lipinski definition) is 3. The van der Waals surface area contributed by atoms with E-state index >= 15 is 0 Å². The van der Waals surface area contributed by atoms with Gasteiger partial charge >= 0.3 is 0 Å². The number of nitrogen functional groups attached to an aromatic ring is 1. The quantitative estimate of drug-likeness (QED) is 0.637. The van der Waals surface area contributed by atoms with E-state index in [1.165, 1.54) is 18.2 Å². The Balaban J connectivity index is 2.22. The minimum atomic E-state index is -3.44. The van der Waals surface area contributed by atoms with Crippen molar-refractivity contribution in [1.29, 1.82) is 0 Å². The molecule has 4 N–H and O–H groups in total. The zero-order chi connectivity index (χ0) is 14.9. The number of nitrogens with one attached hydrogen (secondary N) is 2. The first kappa shape index (κ1) is 14.3. The number of carbonyl (C=O) groups excluding carboxylic acids is 2. The number of amides is 2. The van der Waals surface area contributed by atoms with Gasteiger partial charge in [0.25, 0.3) is 5.91 Å². The molecule has 1 heterocycles. The van der Waals surface area contributed by atoms with Crippen LogP contribution in [0.1, 0.15) is 16.8 Å². The summed E-state index contributed by atoms with van der Waals surface area (Å²) < 4.78 is 23.0. The molecule has 1 unspecified atom stereocenters. The van der Waals surface area contributed by atoms with E-state index in [1.54, 1.807) is 0 Å². The van der Waals surface area contributed by atoms with Crippen LogP contribution in [-0.2, 0) is 14.6 Å². The molecule has 0 spiro atoms. The Morgan fingerprint density at radius 2 is 2.10 bits per heavy atom. The van der Waals surface area contributed by atoms with Gasteiger partial charge in [-0.3, -0.25) is 9.59 Å². The molecule has 1 aromatic carbocycles. The number of nitrogens with two attached hydrogens (primary N) is 1. The van der Waals surface area contributed by atoms with Crippen LogP contribution in [-0.4, -0.2) is 39.1 Å². The van der Waals surface area contributed by atoms with E-state index < -0.39 is 15.7 Å². The summed E-state index contributed by atoms with van der Waals surface area (Å²) in [6.07, 6.45) is 1.26. The van der Waals surface area contributed by atoms with Gasteiger partial charge in [-0.05, 0) is 18.2 Å². The Labute approximate surface area is 116 Å². The molecule has 0 saturated carbocycles. The molecular formula is C12H15N3O4S. The molecule has 0 aliphatic carbocycles. The van der Waals surface area contributed by atoms with Crippen molar-refractivity contribution >= 4 is 27.3 Å². The lowest BCUT2D eigenvalue weighted by Crippen LogP contribution is -2.36. The Hall–Kier alpha value is -2.09. The number of carbonyl (C=O) groups is 2. The minimum Gasteiger partial charge on any atom is -0.399 e. The van der Waals surface area contributed by atoms with Crippen LogP contribution in [0.4, 0.5) is 5.69 Å². The second kappa shape index (κ2) is 5.12. The number of benzene rings is 1. The maximum absolute atomic E-state index is 12.0. The van der Waals surface area contributed by atoms with Crippen molar-refractivity contribution in [1.82, 2.24) is 10.6 Å². The second-order valence-corrected chi connectivity index (χ2v) is 6.76. The van der Waals surface area contributed by atoms with Gasteiger partial charge in [-0.15, -0.1) is 0 Å². The molecule has 2 rings (SSSR count). The maximum atomic E-state index is 12.0. The van der Waals surface area contributed by atoms with Crippen molar-refractivity contribution in [3.05, 3.63) is 23.8 Å². The highest BCUT2D eigenvalue weighted by Crippen LogP contribution is 2.17. The maximum Gasteiger partial charge on any atom is 0.251 e. The summed E-state index contributed by atoms with van der Waals surface area (Å²) >= 11 is 0. The lowest BCUT2D eigenvalue weighted by molar-refractivity contribution is -0.119. The molecule has 108 valence electrons. The fraction of sp³-hybridized carbons (Fsp3) is 0.333. The van der Waals surface area contributed by atoms with Crippen molar-refractivity contribution in [3.8, 4) is 0 Å². The Morgan fingerprint density at radius 1 is 1.40 bits per heavy atom. The largest absolute Gasteiger partial charge is 0.399 e. The molecule has 1 aliphatic heterocycles. The van der Waals surface area contributed by atoms with Crippen LogP contribution >= 0.6 is 0 Å². The average molecular weight is 297 g/mol. The third kappa shape index (κ3) is 3.27. The lowest BCUT2D eigenvalue weighted by atomic mass is 10.1. The van der Waals surface area contributed by atoms with Crippen molar-refractivity contribution in [2.24, 2.45) is 0 Å². The Morgan fingerprint density at radius 3 is 2.65 bits per heavy atom. The van der Waals surface area contributed by atoms with Crippen LogP contribution in [0.3, 0.4) is 0 Å². The highest BCUT2D eigenvalue weighted by Gasteiger charge is 2.24. The number of hydrogen-bond acceptors (Lipinski definition) is 5. The summed E-state index contributed by atoms with van der Waals surface area (Å²) in [6, 6.07) is 3.67. The normalized spacial score (nSPS) is 18.6. The molecule has 0 aromatic heterocycles. The van der Waals surface area contributed by atoms with E-state index in [0.717, 1.165) is 6.26 Å². The summed E-state index contributed by atoms with van der Waals surface area (Å²) in [6.45, 7) is 0.367.